The Balaban J connectivity index is 0.000000254. The Morgan fingerprint density at radius 1 is 0.690 bits per heavy atom. The highest BCUT2D eigenvalue weighted by molar-refractivity contribution is 8.76. The second-order valence-electron chi connectivity index (χ2n) is 9.85. The maximum atomic E-state index is 4.23. The largest absolute Gasteiger partial charge is 0.0815 e. The average Bonchev–Trinajstić information content (AvgIpc) is 3.39. The van der Waals surface area contributed by atoms with E-state index in [0.717, 1.165) is 12.3 Å². The van der Waals surface area contributed by atoms with Gasteiger partial charge >= 0.3 is 0 Å². The number of hydrogen-bond donors (Lipinski definition) is 0. The summed E-state index contributed by atoms with van der Waals surface area (Å²) in [6.07, 6.45) is 3.69. The first-order chi connectivity index (χ1) is 20.5. The highest BCUT2D eigenvalue weighted by Gasteiger charge is 2.24. The first kappa shape index (κ1) is 34.6. The summed E-state index contributed by atoms with van der Waals surface area (Å²) in [7, 11) is 3.58. The minimum Gasteiger partial charge on any atom is -0.0815 e. The van der Waals surface area contributed by atoms with Gasteiger partial charge in [-0.05, 0) is 73.2 Å². The minimum absolute atomic E-state index is 0.767. The quantitative estimate of drug-likeness (QED) is 0.157. The first-order valence-corrected chi connectivity index (χ1v) is 19.1. The van der Waals surface area contributed by atoms with Gasteiger partial charge in [0.15, 0.2) is 0 Å². The first-order valence-electron chi connectivity index (χ1n) is 14.5. The van der Waals surface area contributed by atoms with Gasteiger partial charge in [-0.2, -0.15) is 0 Å². The molecular weight excluding hydrogens is 605 g/mol. The van der Waals surface area contributed by atoms with Gasteiger partial charge in [0.25, 0.3) is 0 Å². The molecule has 42 heavy (non-hydrogen) atoms. The van der Waals surface area contributed by atoms with Crippen molar-refractivity contribution in [3.63, 3.8) is 0 Å². The van der Waals surface area contributed by atoms with Gasteiger partial charge in [-0.25, -0.2) is 0 Å². The van der Waals surface area contributed by atoms with Crippen LogP contribution in [0.2, 0.25) is 0 Å². The Morgan fingerprint density at radius 2 is 1.21 bits per heavy atom. The van der Waals surface area contributed by atoms with Crippen molar-refractivity contribution in [2.75, 3.05) is 0 Å². The van der Waals surface area contributed by atoms with Crippen LogP contribution in [0.5, 0.6) is 0 Å². The van der Waals surface area contributed by atoms with Crippen LogP contribution in [0.15, 0.2) is 139 Å². The van der Waals surface area contributed by atoms with Crippen molar-refractivity contribution in [3.05, 3.63) is 141 Å². The SMILES string of the molecule is C=C1SC(Sc2ccccc2)=C(c2cc(C)ccc2CCCC(C)C)S1.CC.c1ccc(SSc2ccccc2)cc1. The normalized spacial score (nSPS) is 12.5. The molecule has 0 aliphatic carbocycles. The van der Waals surface area contributed by atoms with Crippen molar-refractivity contribution < 1.29 is 0 Å². The molecule has 1 aliphatic rings. The lowest BCUT2D eigenvalue weighted by molar-refractivity contribution is 0.555. The molecule has 1 heterocycles. The fourth-order valence-corrected chi connectivity index (χ4v) is 9.81. The second kappa shape index (κ2) is 19.4. The van der Waals surface area contributed by atoms with Crippen LogP contribution in [-0.4, -0.2) is 0 Å². The smallest absolute Gasteiger partial charge is 0.0649 e. The standard InChI is InChI=1S/C23H26S3.C12H10S2.C2H6/c1-16(2)9-8-10-19-14-13-17(3)15-21(19)22-23(25-18(4)24-22)26-20-11-6-5-7-12-20;1-3-7-11(8-4-1)13-14-12-9-5-2-6-10-12;1-2/h5-7,11-16H,4,8-10H2,1-3H3;1-10H;1-2H3. The fraction of sp³-hybridized carbons (Fsp3) is 0.243. The van der Waals surface area contributed by atoms with E-state index in [0.29, 0.717) is 0 Å². The monoisotopic (exact) mass is 646 g/mol. The van der Waals surface area contributed by atoms with Crippen LogP contribution in [0.3, 0.4) is 0 Å². The van der Waals surface area contributed by atoms with Crippen LogP contribution < -0.4 is 0 Å². The molecule has 0 fully saturated rings. The van der Waals surface area contributed by atoms with Gasteiger partial charge in [-0.3, -0.25) is 0 Å². The maximum Gasteiger partial charge on any atom is 0.0649 e. The zero-order valence-corrected chi connectivity index (χ0v) is 29.4. The van der Waals surface area contributed by atoms with E-state index >= 15 is 0 Å². The van der Waals surface area contributed by atoms with Crippen molar-refractivity contribution in [1.82, 2.24) is 0 Å². The lowest BCUT2D eigenvalue weighted by Crippen LogP contribution is -1.96. The number of aryl methyl sites for hydroxylation is 2. The third-order valence-corrected chi connectivity index (χ3v) is 12.1. The molecule has 4 aromatic rings. The molecule has 4 aromatic carbocycles. The summed E-state index contributed by atoms with van der Waals surface area (Å²) in [5.74, 6) is 0.767. The van der Waals surface area contributed by atoms with Gasteiger partial charge < -0.3 is 0 Å². The van der Waals surface area contributed by atoms with E-state index in [1.54, 1.807) is 21.6 Å². The van der Waals surface area contributed by atoms with E-state index in [-0.39, 0.29) is 0 Å². The molecule has 220 valence electrons. The van der Waals surface area contributed by atoms with Crippen molar-refractivity contribution in [1.29, 1.82) is 0 Å². The summed E-state index contributed by atoms with van der Waals surface area (Å²) in [5, 5.41) is 0. The molecule has 0 saturated carbocycles. The van der Waals surface area contributed by atoms with Crippen molar-refractivity contribution in [2.24, 2.45) is 5.92 Å². The summed E-state index contributed by atoms with van der Waals surface area (Å²) in [6.45, 7) is 15.0. The van der Waals surface area contributed by atoms with E-state index in [2.05, 4.69) is 124 Å². The lowest BCUT2D eigenvalue weighted by Gasteiger charge is -2.13. The van der Waals surface area contributed by atoms with Gasteiger partial charge in [0, 0.05) is 23.8 Å². The topological polar surface area (TPSA) is 0 Å². The zero-order chi connectivity index (χ0) is 30.2. The Morgan fingerprint density at radius 3 is 1.74 bits per heavy atom. The molecule has 0 radical (unpaired) electrons. The van der Waals surface area contributed by atoms with E-state index in [1.807, 2.05) is 61.3 Å². The molecule has 0 unspecified atom stereocenters. The minimum atomic E-state index is 0.767. The van der Waals surface area contributed by atoms with Gasteiger partial charge in [0.05, 0.1) is 4.24 Å². The molecule has 0 bridgehead atoms. The van der Waals surface area contributed by atoms with E-state index in [9.17, 15) is 0 Å². The molecule has 0 spiro atoms. The summed E-state index contributed by atoms with van der Waals surface area (Å²) < 4.78 is 2.54. The van der Waals surface area contributed by atoms with Gasteiger partial charge in [0.1, 0.15) is 0 Å². The van der Waals surface area contributed by atoms with Crippen molar-refractivity contribution >= 4 is 61.8 Å². The van der Waals surface area contributed by atoms with Crippen molar-refractivity contribution in [3.8, 4) is 0 Å². The third-order valence-electron chi connectivity index (χ3n) is 6.02. The summed E-state index contributed by atoms with van der Waals surface area (Å²) >= 11 is 5.52. The number of hydrogen-bond acceptors (Lipinski definition) is 5. The van der Waals surface area contributed by atoms with Gasteiger partial charge in [-0.15, -0.1) is 0 Å². The van der Waals surface area contributed by atoms with Crippen LogP contribution in [-0.2, 0) is 6.42 Å². The second-order valence-corrected chi connectivity index (χ2v) is 15.9. The summed E-state index contributed by atoms with van der Waals surface area (Å²) in [6, 6.07) is 38.4. The van der Waals surface area contributed by atoms with Crippen LogP contribution in [0.1, 0.15) is 57.2 Å². The molecular formula is C37H42S5. The third kappa shape index (κ3) is 12.0. The predicted octanol–water partition coefficient (Wildman–Crippen LogP) is 13.9. The number of benzene rings is 4. The highest BCUT2D eigenvalue weighted by Crippen LogP contribution is 2.58. The van der Waals surface area contributed by atoms with E-state index in [4.69, 9.17) is 0 Å². The molecule has 0 amide bonds. The van der Waals surface area contributed by atoms with Crippen LogP contribution in [0.4, 0.5) is 0 Å². The summed E-state index contributed by atoms with van der Waals surface area (Å²) in [4.78, 5) is 5.26. The van der Waals surface area contributed by atoms with Crippen molar-refractivity contribution in [2.45, 2.75) is 68.6 Å². The summed E-state index contributed by atoms with van der Waals surface area (Å²) in [5.41, 5.74) is 4.20. The number of rotatable bonds is 10. The van der Waals surface area contributed by atoms with Gasteiger partial charge in [-0.1, -0.05) is 176 Å². The van der Waals surface area contributed by atoms with E-state index in [1.165, 1.54) is 57.6 Å². The van der Waals surface area contributed by atoms with Crippen LogP contribution in [0.25, 0.3) is 4.91 Å². The fourth-order valence-electron chi connectivity index (χ4n) is 4.02. The average molecular weight is 647 g/mol. The molecule has 0 saturated heterocycles. The highest BCUT2D eigenvalue weighted by atomic mass is 33.1. The zero-order valence-electron chi connectivity index (χ0n) is 25.3. The lowest BCUT2D eigenvalue weighted by atomic mass is 9.97. The Bertz CT molecular complexity index is 1340. The van der Waals surface area contributed by atoms with E-state index < -0.39 is 0 Å². The van der Waals surface area contributed by atoms with Crippen LogP contribution >= 0.6 is 56.9 Å². The molecule has 0 atom stereocenters. The molecule has 0 nitrogen and oxygen atoms in total. The molecule has 5 rings (SSSR count). The van der Waals surface area contributed by atoms with Gasteiger partial charge in [0.2, 0.25) is 0 Å². The maximum absolute atomic E-state index is 4.23. The molecule has 1 aliphatic heterocycles. The predicted molar refractivity (Wildman–Crippen MR) is 198 cm³/mol. The Kier molecular flexibility index (Phi) is 16.0. The molecule has 0 N–H and O–H groups in total. The Labute approximate surface area is 275 Å². The Hall–Kier alpha value is -1.89. The molecule has 0 aromatic heterocycles. The van der Waals surface area contributed by atoms with Crippen LogP contribution in [0, 0.1) is 12.8 Å². The molecule has 5 heteroatoms. The number of thioether (sulfide) groups is 3.